The van der Waals surface area contributed by atoms with E-state index in [0.29, 0.717) is 6.61 Å². The number of methoxy groups -OCH3 is 1. The van der Waals surface area contributed by atoms with Crippen LogP contribution >= 0.6 is 0 Å². The summed E-state index contributed by atoms with van der Waals surface area (Å²) in [6, 6.07) is 8.22. The van der Waals surface area contributed by atoms with Crippen LogP contribution in [0.25, 0.3) is 10.9 Å². The molecule has 7 nitrogen and oxygen atoms in total. The third-order valence-corrected chi connectivity index (χ3v) is 5.35. The van der Waals surface area contributed by atoms with Crippen LogP contribution in [-0.2, 0) is 4.74 Å². The lowest BCUT2D eigenvalue weighted by molar-refractivity contribution is 0.196. The third-order valence-electron chi connectivity index (χ3n) is 5.35. The summed E-state index contributed by atoms with van der Waals surface area (Å²) >= 11 is 0. The number of amidine groups is 1. The molecule has 1 aliphatic heterocycles. The van der Waals surface area contributed by atoms with Crippen molar-refractivity contribution in [3.05, 3.63) is 47.9 Å². The van der Waals surface area contributed by atoms with Gasteiger partial charge in [-0.05, 0) is 51.0 Å². The molecule has 0 bridgehead atoms. The zero-order valence-electron chi connectivity index (χ0n) is 18.5. The fraction of sp³-hybridized carbons (Fsp3) is 0.458. The summed E-state index contributed by atoms with van der Waals surface area (Å²) in [5, 5.41) is 5.56. The first-order valence-electron chi connectivity index (χ1n) is 11.1. The molecule has 0 aliphatic carbocycles. The minimum atomic E-state index is 0.704. The van der Waals surface area contributed by atoms with Crippen LogP contribution in [0.5, 0.6) is 0 Å². The topological polar surface area (TPSA) is 77.4 Å². The van der Waals surface area contributed by atoms with Gasteiger partial charge in [0.25, 0.3) is 0 Å². The van der Waals surface area contributed by atoms with Crippen LogP contribution in [0.2, 0.25) is 0 Å². The van der Waals surface area contributed by atoms with Gasteiger partial charge in [-0.15, -0.1) is 0 Å². The van der Waals surface area contributed by atoms with E-state index in [-0.39, 0.29) is 0 Å². The number of para-hydroxylation sites is 1. The third kappa shape index (κ3) is 7.07. The lowest BCUT2D eigenvalue weighted by Crippen LogP contribution is -2.29. The summed E-state index contributed by atoms with van der Waals surface area (Å²) in [6.45, 7) is 7.24. The number of hydrogen-bond donors (Lipinski definition) is 2. The Morgan fingerprint density at radius 2 is 2.10 bits per heavy atom. The van der Waals surface area contributed by atoms with Crippen molar-refractivity contribution in [2.24, 2.45) is 15.1 Å². The number of aromatic nitrogens is 1. The summed E-state index contributed by atoms with van der Waals surface area (Å²) < 4.78 is 5.15. The predicted molar refractivity (Wildman–Crippen MR) is 130 cm³/mol. The Kier molecular flexibility index (Phi) is 9.32. The SMILES string of the molecule is C=N/C(CCCOC)=N\C(=C/CCN/N=C/c1c[nH]c2ccccc12)N1CCCCC1. The van der Waals surface area contributed by atoms with E-state index in [1.54, 1.807) is 7.11 Å². The summed E-state index contributed by atoms with van der Waals surface area (Å²) in [5.41, 5.74) is 5.34. The summed E-state index contributed by atoms with van der Waals surface area (Å²) in [5.74, 6) is 1.78. The van der Waals surface area contributed by atoms with Gasteiger partial charge in [-0.25, -0.2) is 9.98 Å². The Labute approximate surface area is 185 Å². The van der Waals surface area contributed by atoms with Crippen molar-refractivity contribution in [1.29, 1.82) is 0 Å². The molecule has 0 unspecified atom stereocenters. The van der Waals surface area contributed by atoms with Crippen LogP contribution in [0, 0.1) is 0 Å². The average Bonchev–Trinajstić information content (AvgIpc) is 3.23. The Hall–Kier alpha value is -2.93. The van der Waals surface area contributed by atoms with Crippen LogP contribution in [0.1, 0.15) is 44.1 Å². The number of nitrogens with zero attached hydrogens (tertiary/aromatic N) is 4. The number of ether oxygens (including phenoxy) is 1. The Bertz CT molecular complexity index is 908. The van der Waals surface area contributed by atoms with Gasteiger partial charge in [-0.3, -0.25) is 0 Å². The molecule has 1 fully saturated rings. The highest BCUT2D eigenvalue weighted by Gasteiger charge is 2.13. The monoisotopic (exact) mass is 422 g/mol. The highest BCUT2D eigenvalue weighted by atomic mass is 16.5. The number of fused-ring (bicyclic) bond motifs is 1. The van der Waals surface area contributed by atoms with Gasteiger partial charge in [0.05, 0.1) is 6.21 Å². The second-order valence-electron chi connectivity index (χ2n) is 7.64. The molecule has 2 N–H and O–H groups in total. The molecule has 1 saturated heterocycles. The van der Waals surface area contributed by atoms with E-state index in [9.17, 15) is 0 Å². The Morgan fingerprint density at radius 3 is 2.90 bits per heavy atom. The quantitative estimate of drug-likeness (QED) is 0.245. The number of aromatic amines is 1. The van der Waals surface area contributed by atoms with E-state index >= 15 is 0 Å². The first kappa shape index (κ1) is 22.7. The Balaban J connectivity index is 1.57. The Morgan fingerprint density at radius 1 is 1.26 bits per heavy atom. The maximum atomic E-state index is 5.15. The molecule has 166 valence electrons. The predicted octanol–water partition coefficient (Wildman–Crippen LogP) is 4.33. The zero-order valence-corrected chi connectivity index (χ0v) is 18.5. The van der Waals surface area contributed by atoms with E-state index in [4.69, 9.17) is 9.73 Å². The number of likely N-dealkylation sites (tertiary alicyclic amines) is 1. The molecule has 7 heteroatoms. The minimum absolute atomic E-state index is 0.704. The van der Waals surface area contributed by atoms with Gasteiger partial charge in [0.1, 0.15) is 11.7 Å². The van der Waals surface area contributed by atoms with E-state index in [0.717, 1.165) is 61.6 Å². The molecule has 0 spiro atoms. The first-order valence-corrected chi connectivity index (χ1v) is 11.1. The standard InChI is InChI=1S/C24H34N6O/c1-25-23(12-9-17-31-2)29-24(30-15-6-3-7-16-30)13-8-14-27-28-19-20-18-26-22-11-5-4-10-21(20)22/h4-5,10-11,13,18-19,26-27H,1,3,6-9,12,14-17H2,2H3/b24-13+,28-19+,29-23-. The molecule has 1 aromatic carbocycles. The minimum Gasteiger partial charge on any atom is -0.385 e. The average molecular weight is 423 g/mol. The molecule has 3 rings (SSSR count). The summed E-state index contributed by atoms with van der Waals surface area (Å²) in [6.07, 6.45) is 12.2. The number of piperidine rings is 1. The van der Waals surface area contributed by atoms with Crippen LogP contribution < -0.4 is 5.43 Å². The van der Waals surface area contributed by atoms with Crippen molar-refractivity contribution >= 4 is 29.7 Å². The fourth-order valence-electron chi connectivity index (χ4n) is 3.69. The maximum absolute atomic E-state index is 5.15. The number of benzene rings is 1. The smallest absolute Gasteiger partial charge is 0.130 e. The molecule has 1 aliphatic rings. The van der Waals surface area contributed by atoms with Gasteiger partial charge in [0.2, 0.25) is 0 Å². The number of hydrogen-bond acceptors (Lipinski definition) is 5. The van der Waals surface area contributed by atoms with Crippen molar-refractivity contribution in [2.45, 2.75) is 38.5 Å². The molecule has 0 atom stereocenters. The number of nitrogens with one attached hydrogen (secondary N) is 2. The van der Waals surface area contributed by atoms with E-state index in [1.807, 2.05) is 24.5 Å². The second kappa shape index (κ2) is 12.7. The number of hydrazone groups is 1. The van der Waals surface area contributed by atoms with Crippen LogP contribution in [-0.4, -0.2) is 62.0 Å². The molecular weight excluding hydrogens is 388 g/mol. The molecule has 0 amide bonds. The highest BCUT2D eigenvalue weighted by molar-refractivity contribution is 5.98. The molecular formula is C24H34N6O. The molecule has 31 heavy (non-hydrogen) atoms. The van der Waals surface area contributed by atoms with Crippen molar-refractivity contribution in [3.8, 4) is 0 Å². The fourth-order valence-corrected chi connectivity index (χ4v) is 3.69. The number of H-pyrrole nitrogens is 1. The summed E-state index contributed by atoms with van der Waals surface area (Å²) in [4.78, 5) is 14.6. The van der Waals surface area contributed by atoms with Crippen molar-refractivity contribution in [1.82, 2.24) is 15.3 Å². The van der Waals surface area contributed by atoms with Crippen molar-refractivity contribution in [3.63, 3.8) is 0 Å². The van der Waals surface area contributed by atoms with Crippen molar-refractivity contribution < 1.29 is 4.74 Å². The highest BCUT2D eigenvalue weighted by Crippen LogP contribution is 2.18. The lowest BCUT2D eigenvalue weighted by Gasteiger charge is -2.29. The molecule has 0 saturated carbocycles. The van der Waals surface area contributed by atoms with Gasteiger partial charge in [-0.1, -0.05) is 18.2 Å². The lowest BCUT2D eigenvalue weighted by atomic mass is 10.1. The molecule has 1 aromatic heterocycles. The van der Waals surface area contributed by atoms with Gasteiger partial charge in [0.15, 0.2) is 0 Å². The number of aliphatic imine (C=N–C) groups is 2. The largest absolute Gasteiger partial charge is 0.385 e. The van der Waals surface area contributed by atoms with Crippen molar-refractivity contribution in [2.75, 3.05) is 33.4 Å². The second-order valence-corrected chi connectivity index (χ2v) is 7.64. The van der Waals surface area contributed by atoms with E-state index in [1.165, 1.54) is 24.6 Å². The van der Waals surface area contributed by atoms with Crippen LogP contribution in [0.15, 0.2) is 57.4 Å². The van der Waals surface area contributed by atoms with Gasteiger partial charge in [0, 0.05) is 62.4 Å². The maximum Gasteiger partial charge on any atom is 0.130 e. The van der Waals surface area contributed by atoms with Crippen LogP contribution in [0.4, 0.5) is 0 Å². The van der Waals surface area contributed by atoms with E-state index < -0.39 is 0 Å². The van der Waals surface area contributed by atoms with E-state index in [2.05, 4.69) is 50.3 Å². The molecule has 2 aromatic rings. The van der Waals surface area contributed by atoms with Gasteiger partial charge < -0.3 is 20.0 Å². The van der Waals surface area contributed by atoms with Gasteiger partial charge >= 0.3 is 0 Å². The zero-order chi connectivity index (χ0) is 21.7. The summed E-state index contributed by atoms with van der Waals surface area (Å²) in [7, 11) is 1.71. The molecule has 0 radical (unpaired) electrons. The molecule has 2 heterocycles. The van der Waals surface area contributed by atoms with Gasteiger partial charge in [-0.2, -0.15) is 5.10 Å². The van der Waals surface area contributed by atoms with Crippen LogP contribution in [0.3, 0.4) is 0 Å². The normalized spacial score (nSPS) is 15.7. The first-order chi connectivity index (χ1) is 15.3. The number of rotatable bonds is 11.